The first-order valence-corrected chi connectivity index (χ1v) is 7.62. The standard InChI is InChI=1S/C21H19NO/c1-17(23-20-13-6-3-7-14-20)22-21-15-9-8-12-19(21)16-18-10-4-2-5-11-18/h2-15,22H,1,16H2. The SMILES string of the molecule is C=C(Nc1ccccc1Cc1ccccc1)Oc1ccccc1. The van der Waals surface area contributed by atoms with E-state index in [0.29, 0.717) is 5.88 Å². The summed E-state index contributed by atoms with van der Waals surface area (Å²) >= 11 is 0. The van der Waals surface area contributed by atoms with Gasteiger partial charge in [-0.2, -0.15) is 0 Å². The summed E-state index contributed by atoms with van der Waals surface area (Å²) in [6.07, 6.45) is 0.864. The van der Waals surface area contributed by atoms with E-state index in [-0.39, 0.29) is 0 Å². The maximum Gasteiger partial charge on any atom is 0.190 e. The molecule has 0 amide bonds. The minimum atomic E-state index is 0.511. The molecular weight excluding hydrogens is 282 g/mol. The van der Waals surface area contributed by atoms with Gasteiger partial charge in [0.2, 0.25) is 0 Å². The van der Waals surface area contributed by atoms with Gasteiger partial charge in [-0.1, -0.05) is 66.7 Å². The van der Waals surface area contributed by atoms with Crippen LogP contribution < -0.4 is 10.1 Å². The van der Waals surface area contributed by atoms with E-state index in [9.17, 15) is 0 Å². The molecule has 0 fully saturated rings. The van der Waals surface area contributed by atoms with Gasteiger partial charge in [0.05, 0.1) is 0 Å². The summed E-state index contributed by atoms with van der Waals surface area (Å²) < 4.78 is 5.72. The summed E-state index contributed by atoms with van der Waals surface area (Å²) in [6.45, 7) is 3.96. The fourth-order valence-corrected chi connectivity index (χ4v) is 2.42. The quantitative estimate of drug-likeness (QED) is 0.629. The third-order valence-corrected chi connectivity index (χ3v) is 3.51. The molecule has 0 saturated carbocycles. The predicted molar refractivity (Wildman–Crippen MR) is 95.5 cm³/mol. The van der Waals surface area contributed by atoms with Crippen molar-refractivity contribution in [1.82, 2.24) is 0 Å². The van der Waals surface area contributed by atoms with Crippen molar-refractivity contribution in [3.05, 3.63) is 109 Å². The number of anilines is 1. The lowest BCUT2D eigenvalue weighted by atomic mass is 10.0. The molecular formula is C21H19NO. The Bertz CT molecular complexity index is 766. The summed E-state index contributed by atoms with van der Waals surface area (Å²) in [5.74, 6) is 1.28. The fourth-order valence-electron chi connectivity index (χ4n) is 2.42. The molecule has 1 N–H and O–H groups in total. The van der Waals surface area contributed by atoms with Crippen molar-refractivity contribution in [2.75, 3.05) is 5.32 Å². The van der Waals surface area contributed by atoms with Gasteiger partial charge in [-0.25, -0.2) is 0 Å². The van der Waals surface area contributed by atoms with Gasteiger partial charge in [-0.3, -0.25) is 0 Å². The normalized spacial score (nSPS) is 10.1. The number of hydrogen-bond donors (Lipinski definition) is 1. The van der Waals surface area contributed by atoms with E-state index in [1.165, 1.54) is 11.1 Å². The fraction of sp³-hybridized carbons (Fsp3) is 0.0476. The first-order chi connectivity index (χ1) is 11.3. The number of hydrogen-bond acceptors (Lipinski definition) is 2. The molecule has 0 radical (unpaired) electrons. The second-order valence-electron chi connectivity index (χ2n) is 5.28. The predicted octanol–water partition coefficient (Wildman–Crippen LogP) is 5.24. The Morgan fingerprint density at radius 1 is 0.783 bits per heavy atom. The van der Waals surface area contributed by atoms with Crippen molar-refractivity contribution in [2.45, 2.75) is 6.42 Å². The Morgan fingerprint density at radius 2 is 1.39 bits per heavy atom. The van der Waals surface area contributed by atoms with E-state index in [0.717, 1.165) is 17.9 Å². The Morgan fingerprint density at radius 3 is 2.13 bits per heavy atom. The van der Waals surface area contributed by atoms with Crippen molar-refractivity contribution >= 4 is 5.69 Å². The van der Waals surface area contributed by atoms with Crippen LogP contribution in [0.2, 0.25) is 0 Å². The number of para-hydroxylation sites is 2. The monoisotopic (exact) mass is 301 g/mol. The highest BCUT2D eigenvalue weighted by Gasteiger charge is 2.05. The summed E-state index contributed by atoms with van der Waals surface area (Å²) in [7, 11) is 0. The molecule has 3 aromatic carbocycles. The molecule has 0 saturated heterocycles. The lowest BCUT2D eigenvalue weighted by Gasteiger charge is -2.14. The number of nitrogens with one attached hydrogen (secondary N) is 1. The van der Waals surface area contributed by atoms with Crippen LogP contribution in [0.1, 0.15) is 11.1 Å². The molecule has 0 spiro atoms. The Balaban J connectivity index is 1.71. The van der Waals surface area contributed by atoms with Crippen LogP contribution in [0.25, 0.3) is 0 Å². The molecule has 0 aliphatic heterocycles. The summed E-state index contributed by atoms with van der Waals surface area (Å²) in [4.78, 5) is 0. The topological polar surface area (TPSA) is 21.3 Å². The van der Waals surface area contributed by atoms with Crippen LogP contribution in [0, 0.1) is 0 Å². The molecule has 0 unspecified atom stereocenters. The molecule has 0 bridgehead atoms. The molecule has 114 valence electrons. The van der Waals surface area contributed by atoms with Crippen molar-refractivity contribution in [3.8, 4) is 5.75 Å². The van der Waals surface area contributed by atoms with Crippen LogP contribution in [0.15, 0.2) is 97.4 Å². The van der Waals surface area contributed by atoms with Gasteiger partial charge in [0.25, 0.3) is 0 Å². The van der Waals surface area contributed by atoms with E-state index >= 15 is 0 Å². The molecule has 0 aliphatic rings. The first-order valence-electron chi connectivity index (χ1n) is 7.62. The van der Waals surface area contributed by atoms with Crippen LogP contribution in [0.5, 0.6) is 5.75 Å². The van der Waals surface area contributed by atoms with Gasteiger partial charge in [-0.15, -0.1) is 0 Å². The Hall–Kier alpha value is -3.00. The number of benzene rings is 3. The van der Waals surface area contributed by atoms with Crippen LogP contribution in [0.3, 0.4) is 0 Å². The number of rotatable bonds is 6. The molecule has 2 heteroatoms. The summed E-state index contributed by atoms with van der Waals surface area (Å²) in [5.41, 5.74) is 3.49. The van der Waals surface area contributed by atoms with Crippen LogP contribution in [0.4, 0.5) is 5.69 Å². The largest absolute Gasteiger partial charge is 0.442 e. The zero-order chi connectivity index (χ0) is 15.9. The van der Waals surface area contributed by atoms with Crippen molar-refractivity contribution in [1.29, 1.82) is 0 Å². The zero-order valence-electron chi connectivity index (χ0n) is 12.9. The zero-order valence-corrected chi connectivity index (χ0v) is 12.9. The van der Waals surface area contributed by atoms with E-state index in [1.807, 2.05) is 54.6 Å². The lowest BCUT2D eigenvalue weighted by Crippen LogP contribution is -2.07. The summed E-state index contributed by atoms with van der Waals surface area (Å²) in [5, 5.41) is 3.26. The molecule has 23 heavy (non-hydrogen) atoms. The maximum atomic E-state index is 5.72. The van der Waals surface area contributed by atoms with Gasteiger partial charge >= 0.3 is 0 Å². The van der Waals surface area contributed by atoms with E-state index in [4.69, 9.17) is 4.74 Å². The van der Waals surface area contributed by atoms with Gasteiger partial charge in [0.15, 0.2) is 5.88 Å². The van der Waals surface area contributed by atoms with Crippen molar-refractivity contribution in [2.24, 2.45) is 0 Å². The Labute approximate surface area is 137 Å². The maximum absolute atomic E-state index is 5.72. The molecule has 2 nitrogen and oxygen atoms in total. The molecule has 3 aromatic rings. The summed E-state index contributed by atoms with van der Waals surface area (Å²) in [6, 6.07) is 28.3. The van der Waals surface area contributed by atoms with Gasteiger partial charge in [0, 0.05) is 5.69 Å². The minimum Gasteiger partial charge on any atom is -0.442 e. The van der Waals surface area contributed by atoms with Crippen molar-refractivity contribution in [3.63, 3.8) is 0 Å². The molecule has 0 aliphatic carbocycles. The average Bonchev–Trinajstić information content (AvgIpc) is 2.58. The highest BCUT2D eigenvalue weighted by atomic mass is 16.5. The van der Waals surface area contributed by atoms with Gasteiger partial charge < -0.3 is 10.1 Å². The smallest absolute Gasteiger partial charge is 0.190 e. The van der Waals surface area contributed by atoms with Crippen LogP contribution in [-0.4, -0.2) is 0 Å². The first kappa shape index (κ1) is 14.9. The molecule has 0 atom stereocenters. The molecule has 3 rings (SSSR count). The molecule has 0 heterocycles. The van der Waals surface area contributed by atoms with E-state index < -0.39 is 0 Å². The lowest BCUT2D eigenvalue weighted by molar-refractivity contribution is 0.435. The minimum absolute atomic E-state index is 0.511. The average molecular weight is 301 g/mol. The highest BCUT2D eigenvalue weighted by Crippen LogP contribution is 2.21. The van der Waals surface area contributed by atoms with Crippen LogP contribution in [-0.2, 0) is 6.42 Å². The Kier molecular flexibility index (Phi) is 4.75. The van der Waals surface area contributed by atoms with E-state index in [2.05, 4.69) is 42.2 Å². The second-order valence-corrected chi connectivity index (χ2v) is 5.28. The van der Waals surface area contributed by atoms with Gasteiger partial charge in [0.1, 0.15) is 5.75 Å². The number of ether oxygens (including phenoxy) is 1. The third-order valence-electron chi connectivity index (χ3n) is 3.51. The van der Waals surface area contributed by atoms with Crippen molar-refractivity contribution < 1.29 is 4.74 Å². The highest BCUT2D eigenvalue weighted by molar-refractivity contribution is 5.55. The second kappa shape index (κ2) is 7.32. The molecule has 0 aromatic heterocycles. The van der Waals surface area contributed by atoms with Crippen LogP contribution >= 0.6 is 0 Å². The van der Waals surface area contributed by atoms with E-state index in [1.54, 1.807) is 0 Å². The van der Waals surface area contributed by atoms with Gasteiger partial charge in [-0.05, 0) is 42.3 Å². The third kappa shape index (κ3) is 4.24.